The topological polar surface area (TPSA) is 86.2 Å². The Bertz CT molecular complexity index is 1560. The highest BCUT2D eigenvalue weighted by Crippen LogP contribution is 2.30. The van der Waals surface area contributed by atoms with Crippen LogP contribution in [0.15, 0.2) is 58.5 Å². The number of hydrazine groups is 1. The number of nitrogens with two attached hydrogens (primary N) is 1. The number of aromatic nitrogens is 2. The van der Waals surface area contributed by atoms with E-state index in [4.69, 9.17) is 22.4 Å². The predicted octanol–water partition coefficient (Wildman–Crippen LogP) is 4.44. The van der Waals surface area contributed by atoms with E-state index >= 15 is 0 Å². The van der Waals surface area contributed by atoms with Gasteiger partial charge in [0.2, 0.25) is 5.62 Å². The molecule has 8 nitrogen and oxygen atoms in total. The molecule has 36 heavy (non-hydrogen) atoms. The van der Waals surface area contributed by atoms with E-state index in [1.807, 2.05) is 66.3 Å². The number of rotatable bonds is 4. The lowest BCUT2D eigenvalue weighted by Gasteiger charge is -2.28. The molecule has 3 heterocycles. The van der Waals surface area contributed by atoms with Gasteiger partial charge in [0.25, 0.3) is 0 Å². The van der Waals surface area contributed by atoms with Gasteiger partial charge in [-0.3, -0.25) is 15.0 Å². The lowest BCUT2D eigenvalue weighted by molar-refractivity contribution is 0.411. The number of hydrogen-bond acceptors (Lipinski definition) is 8. The summed E-state index contributed by atoms with van der Waals surface area (Å²) >= 11 is 6.59. The fourth-order valence-electron chi connectivity index (χ4n) is 4.49. The Kier molecular flexibility index (Phi) is 6.02. The maximum Gasteiger partial charge on any atom is 0.214 e. The highest BCUT2D eigenvalue weighted by atomic mass is 35.5. The maximum atomic E-state index is 6.59. The van der Waals surface area contributed by atoms with E-state index in [9.17, 15) is 0 Å². The highest BCUT2D eigenvalue weighted by Gasteiger charge is 2.25. The molecule has 2 N–H and O–H groups in total. The van der Waals surface area contributed by atoms with Crippen molar-refractivity contribution in [2.45, 2.75) is 19.5 Å². The van der Waals surface area contributed by atoms with Gasteiger partial charge in [-0.15, -0.1) is 0 Å². The number of pyridine rings is 2. The molecule has 1 atom stereocenters. The molecule has 0 saturated heterocycles. The number of anilines is 2. The van der Waals surface area contributed by atoms with Gasteiger partial charge in [0.05, 0.1) is 11.0 Å². The lowest BCUT2D eigenvalue weighted by Crippen LogP contribution is -2.45. The van der Waals surface area contributed by atoms with Gasteiger partial charge in [0.15, 0.2) is 11.7 Å². The number of halogens is 1. The van der Waals surface area contributed by atoms with E-state index in [0.717, 1.165) is 55.7 Å². The minimum atomic E-state index is -0.798. The monoisotopic (exact) mass is 500 g/mol. The Morgan fingerprint density at radius 3 is 1.81 bits per heavy atom. The van der Waals surface area contributed by atoms with Gasteiger partial charge in [-0.05, 0) is 62.4 Å². The second-order valence-electron chi connectivity index (χ2n) is 9.42. The number of hydrogen-bond donors (Lipinski definition) is 1. The number of fused-ring (bicyclic) bond motifs is 2. The smallest absolute Gasteiger partial charge is 0.214 e. The van der Waals surface area contributed by atoms with Crippen LogP contribution in [0.1, 0.15) is 22.5 Å². The number of aliphatic imine (C=N–C) groups is 2. The third-order valence-electron chi connectivity index (χ3n) is 6.22. The molecule has 2 aromatic carbocycles. The van der Waals surface area contributed by atoms with E-state index in [1.165, 1.54) is 5.01 Å². The van der Waals surface area contributed by atoms with Crippen molar-refractivity contribution in [3.05, 3.63) is 71.0 Å². The van der Waals surface area contributed by atoms with Crippen LogP contribution in [-0.4, -0.2) is 60.5 Å². The summed E-state index contributed by atoms with van der Waals surface area (Å²) in [5.41, 5.74) is 6.79. The van der Waals surface area contributed by atoms with Gasteiger partial charge < -0.3 is 9.80 Å². The first-order chi connectivity index (χ1) is 17.1. The average molecular weight is 501 g/mol. The molecule has 1 aliphatic rings. The molecule has 9 heteroatoms. The molecule has 2 aromatic heterocycles. The second kappa shape index (κ2) is 9.04. The molecule has 1 unspecified atom stereocenters. The molecular formula is C27H29ClN8. The standard InChI is InChI=1S/C27H29ClN8/c1-15-11-23(34(3)4)19-13-17(7-9-21(19)30-15)25-32-26(36(29)27(28)33-25)18-8-10-22-20(14-18)24(35(5)6)12-16(2)31-22/h7-14,27H,29H2,1-6H3. The minimum absolute atomic E-state index is 0.522. The third kappa shape index (κ3) is 4.23. The summed E-state index contributed by atoms with van der Waals surface area (Å²) in [6.45, 7) is 3.99. The second-order valence-corrected chi connectivity index (χ2v) is 9.81. The minimum Gasteiger partial charge on any atom is -0.377 e. The lowest BCUT2D eigenvalue weighted by atomic mass is 10.1. The number of benzene rings is 2. The van der Waals surface area contributed by atoms with Gasteiger partial charge in [0.1, 0.15) is 0 Å². The van der Waals surface area contributed by atoms with Gasteiger partial charge >= 0.3 is 0 Å². The first-order valence-corrected chi connectivity index (χ1v) is 12.1. The van der Waals surface area contributed by atoms with Crippen LogP contribution in [0, 0.1) is 13.8 Å². The molecule has 1 aliphatic heterocycles. The van der Waals surface area contributed by atoms with E-state index in [0.29, 0.717) is 11.7 Å². The van der Waals surface area contributed by atoms with Crippen LogP contribution in [0.25, 0.3) is 21.8 Å². The Balaban J connectivity index is 1.64. The zero-order chi connectivity index (χ0) is 25.7. The molecule has 0 radical (unpaired) electrons. The molecule has 5 rings (SSSR count). The SMILES string of the molecule is Cc1cc(N(C)C)c2cc(C3=NC(Cl)N(N)C(c4ccc5nc(C)cc(N(C)C)c5c4)=N3)ccc2n1. The van der Waals surface area contributed by atoms with Crippen molar-refractivity contribution in [2.75, 3.05) is 38.0 Å². The van der Waals surface area contributed by atoms with Crippen molar-refractivity contribution < 1.29 is 0 Å². The number of amidine groups is 2. The quantitative estimate of drug-likeness (QED) is 0.253. The van der Waals surface area contributed by atoms with Gasteiger partial charge in [-0.25, -0.2) is 15.8 Å². The summed E-state index contributed by atoms with van der Waals surface area (Å²) in [4.78, 5) is 23.0. The van der Waals surface area contributed by atoms with Crippen LogP contribution in [0.3, 0.4) is 0 Å². The molecule has 0 bridgehead atoms. The van der Waals surface area contributed by atoms with Crippen LogP contribution >= 0.6 is 11.6 Å². The number of nitrogens with zero attached hydrogens (tertiary/aromatic N) is 7. The van der Waals surface area contributed by atoms with Crippen molar-refractivity contribution in [3.63, 3.8) is 0 Å². The Labute approximate surface area is 215 Å². The maximum absolute atomic E-state index is 6.59. The van der Waals surface area contributed by atoms with E-state index in [-0.39, 0.29) is 0 Å². The Morgan fingerprint density at radius 2 is 1.28 bits per heavy atom. The Hall–Kier alpha value is -3.75. The van der Waals surface area contributed by atoms with Crippen molar-refractivity contribution >= 4 is 56.5 Å². The first-order valence-electron chi connectivity index (χ1n) is 11.6. The normalized spacial score (nSPS) is 15.8. The predicted molar refractivity (Wildman–Crippen MR) is 150 cm³/mol. The summed E-state index contributed by atoms with van der Waals surface area (Å²) in [7, 11) is 8.08. The van der Waals surface area contributed by atoms with Gasteiger partial charge in [-0.2, -0.15) is 0 Å². The Morgan fingerprint density at radius 1 is 0.778 bits per heavy atom. The zero-order valence-electron chi connectivity index (χ0n) is 21.3. The van der Waals surface area contributed by atoms with E-state index < -0.39 is 5.62 Å². The van der Waals surface area contributed by atoms with Crippen molar-refractivity contribution in [3.8, 4) is 0 Å². The molecule has 184 valence electrons. The van der Waals surface area contributed by atoms with Crippen molar-refractivity contribution in [1.82, 2.24) is 15.0 Å². The van der Waals surface area contributed by atoms with Crippen molar-refractivity contribution in [1.29, 1.82) is 0 Å². The van der Waals surface area contributed by atoms with Crippen LogP contribution in [-0.2, 0) is 0 Å². The van der Waals surface area contributed by atoms with Crippen molar-refractivity contribution in [2.24, 2.45) is 15.8 Å². The highest BCUT2D eigenvalue weighted by molar-refractivity contribution is 6.25. The molecule has 0 saturated carbocycles. The summed E-state index contributed by atoms with van der Waals surface area (Å²) in [6, 6.07) is 16.2. The zero-order valence-corrected chi connectivity index (χ0v) is 22.0. The summed E-state index contributed by atoms with van der Waals surface area (Å²) in [5, 5.41) is 3.42. The van der Waals surface area contributed by atoms with Crippen LogP contribution in [0.5, 0.6) is 0 Å². The first kappa shape index (κ1) is 24.0. The van der Waals surface area contributed by atoms with Crippen LogP contribution < -0.4 is 15.6 Å². The van der Waals surface area contributed by atoms with E-state index in [1.54, 1.807) is 0 Å². The van der Waals surface area contributed by atoms with Gasteiger partial charge in [0, 0.05) is 72.9 Å². The third-order valence-corrected chi connectivity index (χ3v) is 6.53. The molecule has 4 aromatic rings. The van der Waals surface area contributed by atoms with Crippen LogP contribution in [0.4, 0.5) is 11.4 Å². The number of alkyl halides is 1. The largest absolute Gasteiger partial charge is 0.377 e. The van der Waals surface area contributed by atoms with E-state index in [2.05, 4.69) is 49.0 Å². The summed E-state index contributed by atoms with van der Waals surface area (Å²) in [5.74, 6) is 7.42. The molecule has 0 fully saturated rings. The van der Waals surface area contributed by atoms with Crippen LogP contribution in [0.2, 0.25) is 0 Å². The summed E-state index contributed by atoms with van der Waals surface area (Å²) < 4.78 is 0. The molecule has 0 aliphatic carbocycles. The fraction of sp³-hybridized carbons (Fsp3) is 0.259. The number of aryl methyl sites for hydroxylation is 2. The summed E-state index contributed by atoms with van der Waals surface area (Å²) in [6.07, 6.45) is 0. The molecule has 0 amide bonds. The molecular weight excluding hydrogens is 472 g/mol. The molecule has 0 spiro atoms. The average Bonchev–Trinajstić information content (AvgIpc) is 2.83. The fourth-order valence-corrected chi connectivity index (χ4v) is 4.68. The van der Waals surface area contributed by atoms with Gasteiger partial charge in [-0.1, -0.05) is 11.6 Å².